The van der Waals surface area contributed by atoms with Gasteiger partial charge in [0.15, 0.2) is 4.34 Å². The monoisotopic (exact) mass is 543 g/mol. The van der Waals surface area contributed by atoms with Gasteiger partial charge in [0.2, 0.25) is 0 Å². The topological polar surface area (TPSA) is 42.1 Å². The summed E-state index contributed by atoms with van der Waals surface area (Å²) in [5, 5.41) is 2.65. The largest absolute Gasteiger partial charge is 0.399 e. The van der Waals surface area contributed by atoms with E-state index in [1.165, 1.54) is 46.1 Å². The number of rotatable bonds is 9. The van der Waals surface area contributed by atoms with Crippen molar-refractivity contribution >= 4 is 49.8 Å². The zero-order chi connectivity index (χ0) is 27.4. The number of thioether (sulfide) groups is 1. The molecule has 1 aromatic heterocycles. The van der Waals surface area contributed by atoms with Crippen molar-refractivity contribution in [2.45, 2.75) is 57.8 Å². The molecule has 0 atom stereocenters. The fraction of sp³-hybridized carbons (Fsp3) is 0.364. The minimum Gasteiger partial charge on any atom is -0.399 e. The van der Waals surface area contributed by atoms with Crippen LogP contribution in [0.25, 0.3) is 21.0 Å². The van der Waals surface area contributed by atoms with Gasteiger partial charge in [-0.2, -0.15) is 0 Å². The summed E-state index contributed by atoms with van der Waals surface area (Å²) in [6.07, 6.45) is 7.95. The number of hydrogen-bond donors (Lipinski definition) is 1. The van der Waals surface area contributed by atoms with Crippen molar-refractivity contribution in [2.24, 2.45) is 5.41 Å². The van der Waals surface area contributed by atoms with E-state index in [1.807, 2.05) is 36.0 Å². The number of fused-ring (bicyclic) bond motifs is 2. The molecule has 0 amide bonds. The summed E-state index contributed by atoms with van der Waals surface area (Å²) < 4.78 is 2.36. The second kappa shape index (κ2) is 15.0. The van der Waals surface area contributed by atoms with Gasteiger partial charge < -0.3 is 5.73 Å². The molecule has 0 aliphatic heterocycles. The van der Waals surface area contributed by atoms with Crippen LogP contribution in [-0.4, -0.2) is 29.2 Å². The maximum absolute atomic E-state index is 5.74. The number of thiazole rings is 1. The van der Waals surface area contributed by atoms with Crippen LogP contribution in [0.3, 0.4) is 0 Å². The van der Waals surface area contributed by atoms with Crippen molar-refractivity contribution in [3.8, 4) is 11.8 Å². The van der Waals surface area contributed by atoms with Crippen molar-refractivity contribution in [3.05, 3.63) is 78.4 Å². The molecule has 4 aromatic rings. The highest BCUT2D eigenvalue weighted by molar-refractivity contribution is 8.01. The van der Waals surface area contributed by atoms with Gasteiger partial charge in [0.1, 0.15) is 0 Å². The van der Waals surface area contributed by atoms with E-state index >= 15 is 0 Å². The number of nitrogens with zero attached hydrogens (tertiary/aromatic N) is 2. The molecule has 0 aliphatic carbocycles. The Kier molecular flexibility index (Phi) is 11.7. The average Bonchev–Trinajstić information content (AvgIpc) is 3.28. The van der Waals surface area contributed by atoms with E-state index in [4.69, 9.17) is 5.73 Å². The molecular weight excluding hydrogens is 503 g/mol. The Balaban J connectivity index is 0.000000221. The molecular formula is C33H41N3S2. The molecule has 3 aromatic carbocycles. The summed E-state index contributed by atoms with van der Waals surface area (Å²) in [6, 6.07) is 21.0. The van der Waals surface area contributed by atoms with Gasteiger partial charge in [-0.15, -0.1) is 11.3 Å². The highest BCUT2D eigenvalue weighted by atomic mass is 32.2. The number of allylic oxidation sites excluding steroid dienone is 1. The van der Waals surface area contributed by atoms with Gasteiger partial charge in [0, 0.05) is 29.9 Å². The molecule has 0 fully saturated rings. The van der Waals surface area contributed by atoms with Gasteiger partial charge in [-0.05, 0) is 74.9 Å². The third-order valence-electron chi connectivity index (χ3n) is 5.75. The number of likely N-dealkylation sites (N-methyl/N-ethyl adjacent to an activating group) is 1. The SMILES string of the molecule is CCCCCSc1nc2ccc(N)cc2s1.CN(C/C=C/C#CC(C)(C)C)Cc1cccc2ccccc12. The molecule has 38 heavy (non-hydrogen) atoms. The van der Waals surface area contributed by atoms with E-state index in [2.05, 4.69) is 105 Å². The molecule has 4 rings (SSSR count). The summed E-state index contributed by atoms with van der Waals surface area (Å²) in [6.45, 7) is 10.5. The van der Waals surface area contributed by atoms with Gasteiger partial charge in [0.05, 0.1) is 10.2 Å². The van der Waals surface area contributed by atoms with Crippen LogP contribution in [-0.2, 0) is 6.54 Å². The highest BCUT2D eigenvalue weighted by Gasteiger charge is 2.05. The summed E-state index contributed by atoms with van der Waals surface area (Å²) in [5.41, 5.74) is 9.07. The lowest BCUT2D eigenvalue weighted by atomic mass is 9.98. The number of aromatic nitrogens is 1. The standard InChI is InChI=1S/C21H25N.C12H16N2S2/c1-21(2,3)15-8-5-9-16-22(4)17-19-13-10-12-18-11-6-7-14-20(18)19;1-2-3-4-7-15-12-14-10-6-5-9(13)8-11(10)16-12/h5-7,9-14H,16-17H2,1-4H3;5-6,8H,2-4,7,13H2,1H3/b9-5+;. The smallest absolute Gasteiger partial charge is 0.151 e. The molecule has 0 unspecified atom stereocenters. The lowest BCUT2D eigenvalue weighted by Gasteiger charge is -2.15. The summed E-state index contributed by atoms with van der Waals surface area (Å²) in [4.78, 5) is 6.88. The van der Waals surface area contributed by atoms with E-state index < -0.39 is 0 Å². The Morgan fingerprint density at radius 2 is 1.84 bits per heavy atom. The second-order valence-corrected chi connectivity index (χ2v) is 12.9. The number of benzene rings is 3. The predicted octanol–water partition coefficient (Wildman–Crippen LogP) is 9.04. The minimum absolute atomic E-state index is 0.0686. The molecule has 0 radical (unpaired) electrons. The second-order valence-electron chi connectivity index (χ2n) is 10.5. The molecule has 0 saturated carbocycles. The van der Waals surface area contributed by atoms with E-state index in [1.54, 1.807) is 11.3 Å². The van der Waals surface area contributed by atoms with Crippen LogP contribution in [0.4, 0.5) is 5.69 Å². The van der Waals surface area contributed by atoms with E-state index in [0.29, 0.717) is 0 Å². The van der Waals surface area contributed by atoms with Crippen LogP contribution >= 0.6 is 23.1 Å². The number of nitrogens with two attached hydrogens (primary N) is 1. The Morgan fingerprint density at radius 1 is 1.05 bits per heavy atom. The third kappa shape index (κ3) is 10.2. The Labute approximate surface area is 237 Å². The van der Waals surface area contributed by atoms with Crippen LogP contribution in [0.1, 0.15) is 52.5 Å². The first-order chi connectivity index (χ1) is 18.2. The number of nitrogen functional groups attached to an aromatic ring is 1. The zero-order valence-corrected chi connectivity index (χ0v) is 25.1. The molecule has 0 saturated heterocycles. The maximum atomic E-state index is 5.74. The summed E-state index contributed by atoms with van der Waals surface area (Å²) in [7, 11) is 2.14. The van der Waals surface area contributed by atoms with Crippen LogP contribution in [0, 0.1) is 17.3 Å². The molecule has 2 N–H and O–H groups in total. The van der Waals surface area contributed by atoms with Crippen LogP contribution in [0.5, 0.6) is 0 Å². The van der Waals surface area contributed by atoms with Crippen molar-refractivity contribution in [1.29, 1.82) is 0 Å². The number of hydrogen-bond acceptors (Lipinski definition) is 5. The van der Waals surface area contributed by atoms with Crippen molar-refractivity contribution in [3.63, 3.8) is 0 Å². The highest BCUT2D eigenvalue weighted by Crippen LogP contribution is 2.31. The summed E-state index contributed by atoms with van der Waals surface area (Å²) >= 11 is 3.60. The van der Waals surface area contributed by atoms with Crippen LogP contribution < -0.4 is 5.73 Å². The lowest BCUT2D eigenvalue weighted by molar-refractivity contribution is 0.365. The molecule has 0 spiro atoms. The Bertz CT molecular complexity index is 1380. The van der Waals surface area contributed by atoms with E-state index in [9.17, 15) is 0 Å². The Hall–Kier alpha value is -2.78. The predicted molar refractivity (Wildman–Crippen MR) is 171 cm³/mol. The Morgan fingerprint density at radius 3 is 2.63 bits per heavy atom. The first kappa shape index (κ1) is 29.8. The first-order valence-electron chi connectivity index (χ1n) is 13.4. The average molecular weight is 544 g/mol. The molecule has 1 heterocycles. The quantitative estimate of drug-likeness (QED) is 0.0989. The van der Waals surface area contributed by atoms with Crippen LogP contribution in [0.15, 0.2) is 77.2 Å². The van der Waals surface area contributed by atoms with Gasteiger partial charge in [-0.25, -0.2) is 4.98 Å². The number of unbranched alkanes of at least 4 members (excludes halogenated alkanes) is 2. The maximum Gasteiger partial charge on any atom is 0.151 e. The third-order valence-corrected chi connectivity index (χ3v) is 8.00. The van der Waals surface area contributed by atoms with E-state index in [0.717, 1.165) is 28.6 Å². The minimum atomic E-state index is 0.0686. The van der Waals surface area contributed by atoms with Gasteiger partial charge in [0.25, 0.3) is 0 Å². The van der Waals surface area contributed by atoms with Crippen molar-refractivity contribution in [2.75, 3.05) is 25.1 Å². The normalized spacial score (nSPS) is 11.5. The summed E-state index contributed by atoms with van der Waals surface area (Å²) in [5.74, 6) is 7.50. The van der Waals surface area contributed by atoms with Crippen LogP contribution in [0.2, 0.25) is 0 Å². The molecule has 0 aliphatic rings. The van der Waals surface area contributed by atoms with Crippen molar-refractivity contribution < 1.29 is 0 Å². The zero-order valence-electron chi connectivity index (χ0n) is 23.5. The lowest BCUT2D eigenvalue weighted by Crippen LogP contribution is -2.17. The van der Waals surface area contributed by atoms with E-state index in [-0.39, 0.29) is 5.41 Å². The van der Waals surface area contributed by atoms with Gasteiger partial charge in [-0.3, -0.25) is 4.90 Å². The molecule has 200 valence electrons. The number of anilines is 1. The van der Waals surface area contributed by atoms with Gasteiger partial charge >= 0.3 is 0 Å². The van der Waals surface area contributed by atoms with Gasteiger partial charge in [-0.1, -0.05) is 91.9 Å². The first-order valence-corrected chi connectivity index (χ1v) is 15.2. The fourth-order valence-corrected chi connectivity index (χ4v) is 6.02. The molecule has 5 heteroatoms. The fourth-order valence-electron chi connectivity index (χ4n) is 3.83. The molecule has 0 bridgehead atoms. The van der Waals surface area contributed by atoms with Crippen molar-refractivity contribution in [1.82, 2.24) is 9.88 Å². The molecule has 3 nitrogen and oxygen atoms in total.